The fourth-order valence-electron chi connectivity index (χ4n) is 2.17. The van der Waals surface area contributed by atoms with Crippen molar-refractivity contribution in [2.45, 2.75) is 24.9 Å². The van der Waals surface area contributed by atoms with Gasteiger partial charge < -0.3 is 19.9 Å². The second kappa shape index (κ2) is 9.24. The quantitative estimate of drug-likeness (QED) is 0.354. The Bertz CT molecular complexity index is 774. The van der Waals surface area contributed by atoms with E-state index in [4.69, 9.17) is 14.9 Å². The first kappa shape index (κ1) is 19.0. The number of rotatable bonds is 9. The zero-order valence-corrected chi connectivity index (χ0v) is 14.6. The lowest BCUT2D eigenvalue weighted by Gasteiger charge is -2.07. The molecule has 7 nitrogen and oxygen atoms in total. The maximum atomic E-state index is 11.9. The van der Waals surface area contributed by atoms with Crippen LogP contribution in [0.3, 0.4) is 0 Å². The number of hydrogen-bond acceptors (Lipinski definition) is 6. The fourth-order valence-corrected chi connectivity index (χ4v) is 2.99. The number of ether oxygens (including phenoxy) is 1. The van der Waals surface area contributed by atoms with Crippen LogP contribution in [0.1, 0.15) is 28.0 Å². The van der Waals surface area contributed by atoms with Gasteiger partial charge in [-0.3, -0.25) is 4.79 Å². The molecule has 1 aromatic carbocycles. The van der Waals surface area contributed by atoms with Crippen LogP contribution >= 0.6 is 11.8 Å². The van der Waals surface area contributed by atoms with Gasteiger partial charge in [-0.25, -0.2) is 9.78 Å². The van der Waals surface area contributed by atoms with Crippen LogP contribution in [0.4, 0.5) is 0 Å². The average Bonchev–Trinajstić information content (AvgIpc) is 2.58. The highest BCUT2D eigenvalue weighted by Crippen LogP contribution is 2.16. The lowest BCUT2D eigenvalue weighted by molar-refractivity contribution is 0.0697. The van der Waals surface area contributed by atoms with E-state index < -0.39 is 5.97 Å². The van der Waals surface area contributed by atoms with E-state index in [2.05, 4.69) is 9.97 Å². The Kier molecular flexibility index (Phi) is 7.03. The van der Waals surface area contributed by atoms with Gasteiger partial charge in [-0.2, -0.15) is 0 Å². The normalized spacial score (nSPS) is 10.6. The van der Waals surface area contributed by atoms with Gasteiger partial charge in [0.25, 0.3) is 5.56 Å². The Labute approximate surface area is 149 Å². The van der Waals surface area contributed by atoms with Crippen LogP contribution in [0.5, 0.6) is 5.75 Å². The smallest absolute Gasteiger partial charge is 0.335 e. The predicted octanol–water partition coefficient (Wildman–Crippen LogP) is 1.87. The Morgan fingerprint density at radius 1 is 1.32 bits per heavy atom. The van der Waals surface area contributed by atoms with E-state index in [0.29, 0.717) is 35.2 Å². The number of thioether (sulfide) groups is 1. The molecule has 3 N–H and O–H groups in total. The maximum absolute atomic E-state index is 11.9. The average molecular weight is 364 g/mol. The summed E-state index contributed by atoms with van der Waals surface area (Å²) in [6, 6.07) is 6.24. The van der Waals surface area contributed by atoms with Crippen LogP contribution in [0, 0.1) is 6.92 Å². The molecule has 0 saturated carbocycles. The van der Waals surface area contributed by atoms with Crippen molar-refractivity contribution >= 4 is 17.7 Å². The molecule has 0 radical (unpaired) electrons. The molecular formula is C17H20N2O5S. The molecule has 0 aliphatic carbocycles. The topological polar surface area (TPSA) is 113 Å². The first-order valence-corrected chi connectivity index (χ1v) is 8.79. The number of aromatic nitrogens is 2. The molecule has 0 fully saturated rings. The number of H-pyrrole nitrogens is 1. The number of aliphatic hydroxyl groups excluding tert-OH is 1. The molecule has 0 saturated heterocycles. The molecule has 25 heavy (non-hydrogen) atoms. The molecule has 2 aromatic rings. The lowest BCUT2D eigenvalue weighted by atomic mass is 10.2. The highest BCUT2D eigenvalue weighted by atomic mass is 32.2. The molecule has 1 aromatic heterocycles. The van der Waals surface area contributed by atoms with E-state index in [9.17, 15) is 9.59 Å². The molecule has 134 valence electrons. The third-order valence-corrected chi connectivity index (χ3v) is 4.42. The summed E-state index contributed by atoms with van der Waals surface area (Å²) in [5.41, 5.74) is 1.16. The van der Waals surface area contributed by atoms with Crippen LogP contribution in [0.15, 0.2) is 34.2 Å². The van der Waals surface area contributed by atoms with E-state index in [-0.39, 0.29) is 17.7 Å². The first-order valence-electron chi connectivity index (χ1n) is 7.81. The minimum atomic E-state index is -0.968. The number of aromatic amines is 1. The van der Waals surface area contributed by atoms with Gasteiger partial charge in [-0.15, -0.1) is 0 Å². The second-order valence-corrected chi connectivity index (χ2v) is 6.37. The van der Waals surface area contributed by atoms with Gasteiger partial charge in [0, 0.05) is 30.0 Å². The van der Waals surface area contributed by atoms with Crippen molar-refractivity contribution in [3.05, 3.63) is 51.4 Å². The number of aliphatic hydroxyl groups is 1. The summed E-state index contributed by atoms with van der Waals surface area (Å²) >= 11 is 1.43. The molecule has 8 heteroatoms. The number of carboxylic acid groups (broad SMARTS) is 1. The molecule has 2 rings (SSSR count). The van der Waals surface area contributed by atoms with Crippen molar-refractivity contribution in [2.75, 3.05) is 19.0 Å². The van der Waals surface area contributed by atoms with Crippen LogP contribution in [-0.2, 0) is 6.42 Å². The van der Waals surface area contributed by atoms with Crippen molar-refractivity contribution in [3.63, 3.8) is 0 Å². The van der Waals surface area contributed by atoms with Gasteiger partial charge in [0.1, 0.15) is 5.75 Å². The molecule has 0 spiro atoms. The molecule has 0 amide bonds. The van der Waals surface area contributed by atoms with E-state index in [1.54, 1.807) is 19.1 Å². The van der Waals surface area contributed by atoms with Crippen molar-refractivity contribution in [1.29, 1.82) is 0 Å². The van der Waals surface area contributed by atoms with Gasteiger partial charge in [0.2, 0.25) is 0 Å². The Balaban J connectivity index is 1.77. The lowest BCUT2D eigenvalue weighted by Crippen LogP contribution is -2.18. The molecule has 0 aliphatic rings. The molecule has 0 unspecified atom stereocenters. The fraction of sp³-hybridized carbons (Fsp3) is 0.353. The van der Waals surface area contributed by atoms with Crippen LogP contribution in [0.2, 0.25) is 0 Å². The SMILES string of the molecule is Cc1nc(SCCCOc2ccc(C(=O)O)cc2)[nH]c(=O)c1CCO. The summed E-state index contributed by atoms with van der Waals surface area (Å²) in [4.78, 5) is 29.7. The number of hydrogen-bond donors (Lipinski definition) is 3. The standard InChI is InChI=1S/C17H20N2O5S/c1-11-14(7-8-20)15(21)19-17(18-11)25-10-2-9-24-13-5-3-12(4-6-13)16(22)23/h3-6,20H,2,7-10H2,1H3,(H,22,23)(H,18,19,21). The van der Waals surface area contributed by atoms with Gasteiger partial charge in [-0.1, -0.05) is 11.8 Å². The summed E-state index contributed by atoms with van der Waals surface area (Å²) in [6.07, 6.45) is 1.04. The Hall–Kier alpha value is -2.32. The number of carbonyl (C=O) groups is 1. The number of benzene rings is 1. The minimum absolute atomic E-state index is 0.0805. The summed E-state index contributed by atoms with van der Waals surface area (Å²) < 4.78 is 5.55. The molecule has 0 bridgehead atoms. The highest BCUT2D eigenvalue weighted by Gasteiger charge is 2.08. The molecule has 0 atom stereocenters. The van der Waals surface area contributed by atoms with Crippen molar-refractivity contribution in [3.8, 4) is 5.75 Å². The zero-order valence-electron chi connectivity index (χ0n) is 13.8. The number of aryl methyl sites for hydroxylation is 1. The van der Waals surface area contributed by atoms with E-state index in [0.717, 1.165) is 12.2 Å². The summed E-state index contributed by atoms with van der Waals surface area (Å²) in [7, 11) is 0. The summed E-state index contributed by atoms with van der Waals surface area (Å²) in [5, 5.41) is 18.3. The summed E-state index contributed by atoms with van der Waals surface area (Å²) in [5.74, 6) is 0.366. The van der Waals surface area contributed by atoms with E-state index in [1.807, 2.05) is 0 Å². The predicted molar refractivity (Wildman–Crippen MR) is 94.6 cm³/mol. The third kappa shape index (κ3) is 5.61. The Morgan fingerprint density at radius 2 is 2.04 bits per heavy atom. The largest absolute Gasteiger partial charge is 0.494 e. The first-order chi connectivity index (χ1) is 12.0. The maximum Gasteiger partial charge on any atom is 0.335 e. The third-order valence-electron chi connectivity index (χ3n) is 3.46. The van der Waals surface area contributed by atoms with E-state index in [1.165, 1.54) is 23.9 Å². The van der Waals surface area contributed by atoms with Gasteiger partial charge in [-0.05, 0) is 37.6 Å². The zero-order chi connectivity index (χ0) is 18.2. The van der Waals surface area contributed by atoms with Crippen LogP contribution in [-0.4, -0.2) is 45.1 Å². The summed E-state index contributed by atoms with van der Waals surface area (Å²) in [6.45, 7) is 2.16. The van der Waals surface area contributed by atoms with Crippen molar-refractivity contribution in [2.24, 2.45) is 0 Å². The highest BCUT2D eigenvalue weighted by molar-refractivity contribution is 7.99. The minimum Gasteiger partial charge on any atom is -0.494 e. The number of nitrogens with one attached hydrogen (secondary N) is 1. The van der Waals surface area contributed by atoms with Gasteiger partial charge in [0.15, 0.2) is 5.16 Å². The number of carboxylic acids is 1. The van der Waals surface area contributed by atoms with Crippen LogP contribution < -0.4 is 10.3 Å². The van der Waals surface area contributed by atoms with Crippen molar-refractivity contribution < 1.29 is 19.7 Å². The Morgan fingerprint density at radius 3 is 2.64 bits per heavy atom. The number of nitrogens with zero attached hydrogens (tertiary/aromatic N) is 1. The molecular weight excluding hydrogens is 344 g/mol. The molecule has 1 heterocycles. The monoisotopic (exact) mass is 364 g/mol. The van der Waals surface area contributed by atoms with Crippen LogP contribution in [0.25, 0.3) is 0 Å². The van der Waals surface area contributed by atoms with Crippen molar-refractivity contribution in [1.82, 2.24) is 9.97 Å². The number of aromatic carboxylic acids is 1. The van der Waals surface area contributed by atoms with Gasteiger partial charge >= 0.3 is 5.97 Å². The van der Waals surface area contributed by atoms with E-state index >= 15 is 0 Å². The molecule has 0 aliphatic heterocycles. The second-order valence-electron chi connectivity index (χ2n) is 5.29. The van der Waals surface area contributed by atoms with Gasteiger partial charge in [0.05, 0.1) is 12.2 Å².